The number of halogens is 1. The minimum atomic E-state index is -4.05. The first-order valence-electron chi connectivity index (χ1n) is 11.1. The second kappa shape index (κ2) is 11.7. The maximum Gasteiger partial charge on any atom is 0.243 e. The number of amides is 1. The Bertz CT molecular complexity index is 1390. The molecule has 0 aliphatic carbocycles. The Morgan fingerprint density at radius 2 is 1.31 bits per heavy atom. The van der Waals surface area contributed by atoms with Gasteiger partial charge in [0.1, 0.15) is 5.82 Å². The third kappa shape index (κ3) is 7.44. The lowest BCUT2D eigenvalue weighted by Gasteiger charge is -2.22. The number of aryl methyl sites for hydroxylation is 2. The fourth-order valence-corrected chi connectivity index (χ4v) is 5.70. The summed E-state index contributed by atoms with van der Waals surface area (Å²) in [7, 11) is -7.79. The Labute approximate surface area is 211 Å². The number of carbonyl (C=O) groups is 1. The van der Waals surface area contributed by atoms with Crippen molar-refractivity contribution in [3.05, 3.63) is 95.3 Å². The molecule has 8 nitrogen and oxygen atoms in total. The Morgan fingerprint density at radius 1 is 0.778 bits per heavy atom. The summed E-state index contributed by atoms with van der Waals surface area (Å²) < 4.78 is 68.0. The normalized spacial score (nSPS) is 12.0. The van der Waals surface area contributed by atoms with E-state index in [9.17, 15) is 26.0 Å². The number of sulfonamides is 2. The highest BCUT2D eigenvalue weighted by Gasteiger charge is 2.27. The lowest BCUT2D eigenvalue weighted by atomic mass is 10.2. The Hall–Kier alpha value is -3.12. The average Bonchev–Trinajstić information content (AvgIpc) is 2.83. The zero-order valence-electron chi connectivity index (χ0n) is 19.9. The van der Waals surface area contributed by atoms with Crippen LogP contribution in [0.1, 0.15) is 16.7 Å². The molecular formula is C25H28FN3O5S2. The Kier molecular flexibility index (Phi) is 8.96. The number of nitrogens with one attached hydrogen (secondary N) is 2. The number of benzene rings is 3. The van der Waals surface area contributed by atoms with Gasteiger partial charge in [-0.25, -0.2) is 25.9 Å². The van der Waals surface area contributed by atoms with Gasteiger partial charge in [-0.1, -0.05) is 47.5 Å². The zero-order valence-corrected chi connectivity index (χ0v) is 21.6. The summed E-state index contributed by atoms with van der Waals surface area (Å²) >= 11 is 0. The number of nitrogens with zero attached hydrogens (tertiary/aromatic N) is 1. The molecule has 0 radical (unpaired) electrons. The molecule has 0 saturated heterocycles. The lowest BCUT2D eigenvalue weighted by molar-refractivity contribution is -0.121. The first kappa shape index (κ1) is 27.5. The van der Waals surface area contributed by atoms with E-state index in [0.29, 0.717) is 5.56 Å². The van der Waals surface area contributed by atoms with Crippen LogP contribution in [0.25, 0.3) is 0 Å². The van der Waals surface area contributed by atoms with Gasteiger partial charge < -0.3 is 5.32 Å². The predicted molar refractivity (Wildman–Crippen MR) is 135 cm³/mol. The van der Waals surface area contributed by atoms with Crippen LogP contribution in [0.5, 0.6) is 0 Å². The van der Waals surface area contributed by atoms with Crippen LogP contribution in [0.4, 0.5) is 4.39 Å². The van der Waals surface area contributed by atoms with Gasteiger partial charge in [-0.05, 0) is 55.8 Å². The summed E-state index contributed by atoms with van der Waals surface area (Å²) in [4.78, 5) is 12.7. The molecule has 11 heteroatoms. The standard InChI is InChI=1S/C25H28FN3O5S2/c1-19-3-11-23(12-4-19)35(31,32)28-16-15-27-25(30)18-29(17-21-7-9-22(26)10-8-21)36(33,34)24-13-5-20(2)6-14-24/h3-14,28H,15-18H2,1-2H3,(H,27,30). The molecular weight excluding hydrogens is 505 g/mol. The Morgan fingerprint density at radius 3 is 1.86 bits per heavy atom. The van der Waals surface area contributed by atoms with E-state index in [2.05, 4.69) is 10.0 Å². The molecule has 0 saturated carbocycles. The lowest BCUT2D eigenvalue weighted by Crippen LogP contribution is -2.42. The topological polar surface area (TPSA) is 113 Å². The molecule has 0 aliphatic heterocycles. The molecule has 3 aromatic carbocycles. The van der Waals surface area contributed by atoms with E-state index in [-0.39, 0.29) is 29.4 Å². The predicted octanol–water partition coefficient (Wildman–Crippen LogP) is 2.73. The van der Waals surface area contributed by atoms with Gasteiger partial charge >= 0.3 is 0 Å². The molecule has 0 bridgehead atoms. The van der Waals surface area contributed by atoms with Crippen molar-refractivity contribution in [1.29, 1.82) is 0 Å². The molecule has 0 aliphatic rings. The number of hydrogen-bond donors (Lipinski definition) is 2. The van der Waals surface area contributed by atoms with Gasteiger partial charge in [-0.2, -0.15) is 4.31 Å². The van der Waals surface area contributed by atoms with Crippen LogP contribution >= 0.6 is 0 Å². The van der Waals surface area contributed by atoms with Crippen LogP contribution in [-0.2, 0) is 31.4 Å². The molecule has 1 amide bonds. The molecule has 0 aromatic heterocycles. The first-order valence-corrected chi connectivity index (χ1v) is 14.0. The minimum Gasteiger partial charge on any atom is -0.354 e. The molecule has 3 rings (SSSR count). The van der Waals surface area contributed by atoms with Gasteiger partial charge in [-0.3, -0.25) is 4.79 Å². The fraction of sp³-hybridized carbons (Fsp3) is 0.240. The fourth-order valence-electron chi connectivity index (χ4n) is 3.28. The zero-order chi connectivity index (χ0) is 26.3. The van der Waals surface area contributed by atoms with Crippen molar-refractivity contribution in [3.8, 4) is 0 Å². The molecule has 192 valence electrons. The summed E-state index contributed by atoms with van der Waals surface area (Å²) in [5.74, 6) is -1.07. The molecule has 3 aromatic rings. The highest BCUT2D eigenvalue weighted by molar-refractivity contribution is 7.89. The van der Waals surface area contributed by atoms with Gasteiger partial charge in [0.25, 0.3) is 0 Å². The molecule has 0 heterocycles. The summed E-state index contributed by atoms with van der Waals surface area (Å²) in [6, 6.07) is 17.9. The maximum atomic E-state index is 13.3. The van der Waals surface area contributed by atoms with Gasteiger partial charge in [0.2, 0.25) is 26.0 Å². The van der Waals surface area contributed by atoms with E-state index in [4.69, 9.17) is 0 Å². The SMILES string of the molecule is Cc1ccc(S(=O)(=O)NCCNC(=O)CN(Cc2ccc(F)cc2)S(=O)(=O)c2ccc(C)cc2)cc1. The third-order valence-electron chi connectivity index (χ3n) is 5.32. The van der Waals surface area contributed by atoms with Crippen LogP contribution in [0.3, 0.4) is 0 Å². The summed E-state index contributed by atoms with van der Waals surface area (Å²) in [6.07, 6.45) is 0. The van der Waals surface area contributed by atoms with Crippen molar-refractivity contribution in [2.75, 3.05) is 19.6 Å². The van der Waals surface area contributed by atoms with E-state index in [1.807, 2.05) is 13.8 Å². The summed E-state index contributed by atoms with van der Waals surface area (Å²) in [5, 5.41) is 2.54. The summed E-state index contributed by atoms with van der Waals surface area (Å²) in [5.41, 5.74) is 2.31. The monoisotopic (exact) mass is 533 g/mol. The van der Waals surface area contributed by atoms with E-state index in [0.717, 1.165) is 15.4 Å². The van der Waals surface area contributed by atoms with Crippen molar-refractivity contribution in [2.45, 2.75) is 30.2 Å². The quantitative estimate of drug-likeness (QED) is 0.368. The number of hydrogen-bond acceptors (Lipinski definition) is 5. The van der Waals surface area contributed by atoms with E-state index >= 15 is 0 Å². The molecule has 36 heavy (non-hydrogen) atoms. The third-order valence-corrected chi connectivity index (χ3v) is 8.60. The number of carbonyl (C=O) groups excluding carboxylic acids is 1. The van der Waals surface area contributed by atoms with Crippen molar-refractivity contribution >= 4 is 26.0 Å². The number of rotatable bonds is 11. The van der Waals surface area contributed by atoms with Crippen LogP contribution in [0.15, 0.2) is 82.6 Å². The Balaban J connectivity index is 1.66. The van der Waals surface area contributed by atoms with Gasteiger partial charge in [0.05, 0.1) is 16.3 Å². The molecule has 0 spiro atoms. The van der Waals surface area contributed by atoms with Crippen molar-refractivity contribution < 1.29 is 26.0 Å². The minimum absolute atomic E-state index is 0.0221. The van der Waals surface area contributed by atoms with Gasteiger partial charge in [-0.15, -0.1) is 0 Å². The largest absolute Gasteiger partial charge is 0.354 e. The first-order chi connectivity index (χ1) is 17.0. The maximum absolute atomic E-state index is 13.3. The van der Waals surface area contributed by atoms with Gasteiger partial charge in [0.15, 0.2) is 0 Å². The van der Waals surface area contributed by atoms with Crippen LogP contribution in [-0.4, -0.2) is 46.7 Å². The second-order valence-corrected chi connectivity index (χ2v) is 12.0. The van der Waals surface area contributed by atoms with Crippen molar-refractivity contribution in [2.24, 2.45) is 0 Å². The molecule has 0 fully saturated rings. The van der Waals surface area contributed by atoms with E-state index in [1.165, 1.54) is 48.5 Å². The smallest absolute Gasteiger partial charge is 0.243 e. The van der Waals surface area contributed by atoms with E-state index < -0.39 is 38.3 Å². The second-order valence-electron chi connectivity index (χ2n) is 8.27. The van der Waals surface area contributed by atoms with Crippen LogP contribution < -0.4 is 10.0 Å². The van der Waals surface area contributed by atoms with Crippen LogP contribution in [0, 0.1) is 19.7 Å². The molecule has 0 unspecified atom stereocenters. The van der Waals surface area contributed by atoms with E-state index in [1.54, 1.807) is 24.3 Å². The van der Waals surface area contributed by atoms with Crippen molar-refractivity contribution in [1.82, 2.24) is 14.3 Å². The summed E-state index contributed by atoms with van der Waals surface area (Å²) in [6.45, 7) is 2.90. The molecule has 0 atom stereocenters. The van der Waals surface area contributed by atoms with Gasteiger partial charge in [0, 0.05) is 19.6 Å². The van der Waals surface area contributed by atoms with Crippen molar-refractivity contribution in [3.63, 3.8) is 0 Å². The highest BCUT2D eigenvalue weighted by Crippen LogP contribution is 2.19. The average molecular weight is 534 g/mol. The highest BCUT2D eigenvalue weighted by atomic mass is 32.2. The van der Waals surface area contributed by atoms with Crippen LogP contribution in [0.2, 0.25) is 0 Å². The molecule has 2 N–H and O–H groups in total.